The minimum Gasteiger partial charge on any atom is -0.406 e. The molecule has 0 aliphatic heterocycles. The van der Waals surface area contributed by atoms with Gasteiger partial charge in [0.2, 0.25) is 0 Å². The second-order valence-electron chi connectivity index (χ2n) is 4.07. The zero-order valence-electron chi connectivity index (χ0n) is 10.8. The van der Waals surface area contributed by atoms with Crippen molar-refractivity contribution in [2.75, 3.05) is 11.2 Å². The molecule has 0 saturated heterocycles. The average molecular weight is 295 g/mol. The SMILES string of the molecule is Nc1ccc(OC(F)(F)F)cc1C=NNc1ccccc1. The molecule has 0 atom stereocenters. The normalized spacial score (nSPS) is 11.6. The molecule has 21 heavy (non-hydrogen) atoms. The smallest absolute Gasteiger partial charge is 0.406 e. The van der Waals surface area contributed by atoms with Crippen LogP contribution in [0.1, 0.15) is 5.56 Å². The Kier molecular flexibility index (Phi) is 4.32. The maximum atomic E-state index is 12.1. The summed E-state index contributed by atoms with van der Waals surface area (Å²) in [5.41, 5.74) is 9.78. The highest BCUT2D eigenvalue weighted by Gasteiger charge is 2.31. The number of hydrogen-bond donors (Lipinski definition) is 2. The van der Waals surface area contributed by atoms with Crippen LogP contribution < -0.4 is 15.9 Å². The Morgan fingerprint density at radius 1 is 1.10 bits per heavy atom. The number of anilines is 2. The number of nitrogen functional groups attached to an aromatic ring is 1. The van der Waals surface area contributed by atoms with Gasteiger partial charge in [-0.15, -0.1) is 13.2 Å². The molecule has 3 N–H and O–H groups in total. The van der Waals surface area contributed by atoms with Crippen molar-refractivity contribution >= 4 is 17.6 Å². The maximum Gasteiger partial charge on any atom is 0.573 e. The lowest BCUT2D eigenvalue weighted by atomic mass is 10.2. The quantitative estimate of drug-likeness (QED) is 0.514. The zero-order valence-corrected chi connectivity index (χ0v) is 10.8. The van der Waals surface area contributed by atoms with E-state index in [1.165, 1.54) is 18.3 Å². The minimum absolute atomic E-state index is 0.295. The molecule has 0 bridgehead atoms. The van der Waals surface area contributed by atoms with Crippen molar-refractivity contribution in [3.05, 3.63) is 54.1 Å². The number of ether oxygens (including phenoxy) is 1. The van der Waals surface area contributed by atoms with Gasteiger partial charge in [-0.2, -0.15) is 5.10 Å². The minimum atomic E-state index is -4.74. The van der Waals surface area contributed by atoms with Gasteiger partial charge >= 0.3 is 6.36 Å². The number of benzene rings is 2. The molecule has 0 heterocycles. The first-order valence-corrected chi connectivity index (χ1v) is 5.93. The van der Waals surface area contributed by atoms with Gasteiger partial charge in [-0.3, -0.25) is 5.43 Å². The predicted molar refractivity (Wildman–Crippen MR) is 75.2 cm³/mol. The van der Waals surface area contributed by atoms with Crippen molar-refractivity contribution in [1.29, 1.82) is 0 Å². The summed E-state index contributed by atoms with van der Waals surface area (Å²) in [5, 5.41) is 3.92. The summed E-state index contributed by atoms with van der Waals surface area (Å²) in [7, 11) is 0. The molecule has 0 unspecified atom stereocenters. The molecule has 0 spiro atoms. The van der Waals surface area contributed by atoms with Crippen molar-refractivity contribution in [3.63, 3.8) is 0 Å². The van der Waals surface area contributed by atoms with Gasteiger partial charge in [0.15, 0.2) is 0 Å². The fraction of sp³-hybridized carbons (Fsp3) is 0.0714. The van der Waals surface area contributed by atoms with Crippen LogP contribution in [0.2, 0.25) is 0 Å². The maximum absolute atomic E-state index is 12.1. The Bertz CT molecular complexity index is 627. The van der Waals surface area contributed by atoms with Gasteiger partial charge < -0.3 is 10.5 Å². The molecule has 0 radical (unpaired) electrons. The highest BCUT2D eigenvalue weighted by atomic mass is 19.4. The van der Waals surface area contributed by atoms with Crippen LogP contribution in [0.25, 0.3) is 0 Å². The predicted octanol–water partition coefficient (Wildman–Crippen LogP) is 3.61. The molecule has 2 aromatic rings. The summed E-state index contributed by atoms with van der Waals surface area (Å²) in [6, 6.07) is 12.7. The lowest BCUT2D eigenvalue weighted by Crippen LogP contribution is -2.17. The van der Waals surface area contributed by atoms with Crippen molar-refractivity contribution < 1.29 is 17.9 Å². The molecule has 2 rings (SSSR count). The number of nitrogens with one attached hydrogen (secondary N) is 1. The molecule has 0 fully saturated rings. The summed E-state index contributed by atoms with van der Waals surface area (Å²) < 4.78 is 40.3. The topological polar surface area (TPSA) is 59.6 Å². The van der Waals surface area contributed by atoms with Crippen LogP contribution in [0.3, 0.4) is 0 Å². The van der Waals surface area contributed by atoms with E-state index in [1.807, 2.05) is 18.2 Å². The van der Waals surface area contributed by atoms with Crippen LogP contribution in [0.15, 0.2) is 53.6 Å². The van der Waals surface area contributed by atoms with E-state index in [0.29, 0.717) is 11.3 Å². The number of halogens is 3. The number of rotatable bonds is 4. The van der Waals surface area contributed by atoms with Gasteiger partial charge in [0.05, 0.1) is 11.9 Å². The Labute approximate surface area is 119 Å². The summed E-state index contributed by atoms with van der Waals surface area (Å²) in [4.78, 5) is 0. The number of para-hydroxylation sites is 1. The molecule has 7 heteroatoms. The molecular weight excluding hydrogens is 283 g/mol. The van der Waals surface area contributed by atoms with Gasteiger partial charge in [-0.25, -0.2) is 0 Å². The lowest BCUT2D eigenvalue weighted by Gasteiger charge is -2.10. The molecular formula is C14H12F3N3O. The van der Waals surface area contributed by atoms with Crippen LogP contribution in [0, 0.1) is 0 Å². The van der Waals surface area contributed by atoms with Crippen LogP contribution in [-0.4, -0.2) is 12.6 Å². The first kappa shape index (κ1) is 14.7. The molecule has 0 aromatic heterocycles. The van der Waals surface area contributed by atoms with Gasteiger partial charge in [0.25, 0.3) is 0 Å². The first-order valence-electron chi connectivity index (χ1n) is 5.93. The number of alkyl halides is 3. The van der Waals surface area contributed by atoms with Crippen molar-refractivity contribution in [2.45, 2.75) is 6.36 Å². The van der Waals surface area contributed by atoms with Gasteiger partial charge in [-0.1, -0.05) is 18.2 Å². The van der Waals surface area contributed by atoms with E-state index in [2.05, 4.69) is 15.3 Å². The van der Waals surface area contributed by atoms with Crippen LogP contribution in [0.4, 0.5) is 24.5 Å². The third-order valence-electron chi connectivity index (χ3n) is 2.46. The van der Waals surface area contributed by atoms with Crippen LogP contribution in [-0.2, 0) is 0 Å². The van der Waals surface area contributed by atoms with E-state index in [9.17, 15) is 13.2 Å². The fourth-order valence-electron chi connectivity index (χ4n) is 1.55. The third kappa shape index (κ3) is 4.72. The molecule has 2 aromatic carbocycles. The van der Waals surface area contributed by atoms with Crippen molar-refractivity contribution in [1.82, 2.24) is 0 Å². The Hall–Kier alpha value is -2.70. The average Bonchev–Trinajstić information content (AvgIpc) is 2.42. The summed E-state index contributed by atoms with van der Waals surface area (Å²) in [6.07, 6.45) is -3.42. The Morgan fingerprint density at radius 2 is 1.81 bits per heavy atom. The lowest BCUT2D eigenvalue weighted by molar-refractivity contribution is -0.274. The molecule has 0 saturated carbocycles. The highest BCUT2D eigenvalue weighted by molar-refractivity contribution is 5.87. The monoisotopic (exact) mass is 295 g/mol. The molecule has 110 valence electrons. The van der Waals surface area contributed by atoms with Gasteiger partial charge in [-0.05, 0) is 30.3 Å². The number of nitrogens with two attached hydrogens (primary N) is 1. The second kappa shape index (κ2) is 6.17. The fourth-order valence-corrected chi connectivity index (χ4v) is 1.55. The second-order valence-corrected chi connectivity index (χ2v) is 4.07. The van der Waals surface area contributed by atoms with E-state index >= 15 is 0 Å². The van der Waals surface area contributed by atoms with Gasteiger partial charge in [0, 0.05) is 11.3 Å². The zero-order chi connectivity index (χ0) is 15.3. The third-order valence-corrected chi connectivity index (χ3v) is 2.46. The van der Waals surface area contributed by atoms with Crippen molar-refractivity contribution in [2.24, 2.45) is 5.10 Å². The summed E-state index contributed by atoms with van der Waals surface area (Å²) in [5.74, 6) is -0.349. The Morgan fingerprint density at radius 3 is 2.48 bits per heavy atom. The van der Waals surface area contributed by atoms with Crippen LogP contribution in [0.5, 0.6) is 5.75 Å². The van der Waals surface area contributed by atoms with E-state index in [-0.39, 0.29) is 5.75 Å². The highest BCUT2D eigenvalue weighted by Crippen LogP contribution is 2.25. The standard InChI is InChI=1S/C14H12F3N3O/c15-14(16,17)21-12-6-7-13(18)10(8-12)9-19-20-11-4-2-1-3-5-11/h1-9,20H,18H2. The van der Waals surface area contributed by atoms with Crippen LogP contribution >= 0.6 is 0 Å². The molecule has 0 aliphatic rings. The summed E-state index contributed by atoms with van der Waals surface area (Å²) >= 11 is 0. The molecule has 4 nitrogen and oxygen atoms in total. The summed E-state index contributed by atoms with van der Waals surface area (Å²) in [6.45, 7) is 0. The van der Waals surface area contributed by atoms with E-state index in [4.69, 9.17) is 5.73 Å². The van der Waals surface area contributed by atoms with Crippen molar-refractivity contribution in [3.8, 4) is 5.75 Å². The first-order chi connectivity index (χ1) is 9.94. The number of hydrazone groups is 1. The Balaban J connectivity index is 2.10. The molecule has 0 aliphatic carbocycles. The van der Waals surface area contributed by atoms with Gasteiger partial charge in [0.1, 0.15) is 5.75 Å². The van der Waals surface area contributed by atoms with E-state index in [0.717, 1.165) is 11.8 Å². The van der Waals surface area contributed by atoms with E-state index in [1.54, 1.807) is 12.1 Å². The molecule has 0 amide bonds. The number of hydrogen-bond acceptors (Lipinski definition) is 4. The largest absolute Gasteiger partial charge is 0.573 e. The number of nitrogens with zero attached hydrogens (tertiary/aromatic N) is 1. The van der Waals surface area contributed by atoms with E-state index < -0.39 is 6.36 Å².